The molecular formula is C18H15F3N2O4. The van der Waals surface area contributed by atoms with E-state index in [0.29, 0.717) is 17.0 Å². The minimum atomic E-state index is -4.73. The van der Waals surface area contributed by atoms with Crippen molar-refractivity contribution in [1.82, 2.24) is 9.55 Å². The van der Waals surface area contributed by atoms with Crippen LogP contribution in [-0.4, -0.2) is 32.7 Å². The van der Waals surface area contributed by atoms with Crippen LogP contribution in [0.3, 0.4) is 0 Å². The van der Waals surface area contributed by atoms with Crippen molar-refractivity contribution in [2.75, 3.05) is 6.61 Å². The third kappa shape index (κ3) is 4.84. The highest BCUT2D eigenvalue weighted by molar-refractivity contribution is 5.60. The Morgan fingerprint density at radius 1 is 0.889 bits per heavy atom. The maximum atomic E-state index is 12.2. The smallest absolute Gasteiger partial charge is 0.494 e. The SMILES string of the molecule is Oc1ccc(O)n1CCOc1ccc(-c2ccc(OC(F)(F)F)cc2)nc1. The fourth-order valence-corrected chi connectivity index (χ4v) is 2.39. The first-order valence-corrected chi connectivity index (χ1v) is 7.84. The van der Waals surface area contributed by atoms with Gasteiger partial charge in [0, 0.05) is 17.7 Å². The molecule has 0 atom stereocenters. The second-order valence-corrected chi connectivity index (χ2v) is 5.50. The second-order valence-electron chi connectivity index (χ2n) is 5.50. The van der Waals surface area contributed by atoms with Gasteiger partial charge < -0.3 is 19.7 Å². The molecule has 2 heterocycles. The minimum Gasteiger partial charge on any atom is -0.494 e. The Bertz CT molecular complexity index is 871. The Labute approximate surface area is 152 Å². The van der Waals surface area contributed by atoms with E-state index in [1.54, 1.807) is 12.1 Å². The molecule has 142 valence electrons. The van der Waals surface area contributed by atoms with Crippen LogP contribution in [0.1, 0.15) is 0 Å². The number of pyridine rings is 1. The lowest BCUT2D eigenvalue weighted by atomic mass is 10.1. The Morgan fingerprint density at radius 3 is 2.07 bits per heavy atom. The fraction of sp³-hybridized carbons (Fsp3) is 0.167. The number of hydrogen-bond donors (Lipinski definition) is 2. The monoisotopic (exact) mass is 380 g/mol. The van der Waals surface area contributed by atoms with Gasteiger partial charge in [-0.2, -0.15) is 0 Å². The molecule has 0 saturated heterocycles. The number of benzene rings is 1. The maximum absolute atomic E-state index is 12.2. The van der Waals surface area contributed by atoms with Crippen molar-refractivity contribution in [1.29, 1.82) is 0 Å². The van der Waals surface area contributed by atoms with E-state index in [1.165, 1.54) is 47.2 Å². The number of nitrogens with zero attached hydrogens (tertiary/aromatic N) is 2. The third-order valence-electron chi connectivity index (χ3n) is 3.64. The first-order chi connectivity index (χ1) is 12.8. The average molecular weight is 380 g/mol. The van der Waals surface area contributed by atoms with Gasteiger partial charge in [0.05, 0.1) is 18.4 Å². The number of halogens is 3. The van der Waals surface area contributed by atoms with Crippen molar-refractivity contribution in [2.45, 2.75) is 12.9 Å². The molecule has 6 nitrogen and oxygen atoms in total. The molecule has 0 aliphatic carbocycles. The number of rotatable bonds is 6. The fourth-order valence-electron chi connectivity index (χ4n) is 2.39. The Morgan fingerprint density at radius 2 is 1.52 bits per heavy atom. The van der Waals surface area contributed by atoms with E-state index >= 15 is 0 Å². The number of aromatic nitrogens is 2. The Hall–Kier alpha value is -3.36. The van der Waals surface area contributed by atoms with E-state index in [-0.39, 0.29) is 30.7 Å². The van der Waals surface area contributed by atoms with Crippen LogP contribution in [0.4, 0.5) is 13.2 Å². The molecule has 3 aromatic rings. The van der Waals surface area contributed by atoms with Crippen molar-refractivity contribution in [3.63, 3.8) is 0 Å². The third-order valence-corrected chi connectivity index (χ3v) is 3.64. The van der Waals surface area contributed by atoms with Crippen LogP contribution in [0.25, 0.3) is 11.3 Å². The van der Waals surface area contributed by atoms with Crippen LogP contribution >= 0.6 is 0 Å². The summed E-state index contributed by atoms with van der Waals surface area (Å²) < 4.78 is 47.1. The van der Waals surface area contributed by atoms with Crippen LogP contribution in [0.5, 0.6) is 23.3 Å². The van der Waals surface area contributed by atoms with Gasteiger partial charge in [-0.3, -0.25) is 9.55 Å². The van der Waals surface area contributed by atoms with Gasteiger partial charge in [-0.1, -0.05) is 0 Å². The van der Waals surface area contributed by atoms with Gasteiger partial charge in [0.1, 0.15) is 18.1 Å². The van der Waals surface area contributed by atoms with E-state index in [0.717, 1.165) is 0 Å². The highest BCUT2D eigenvalue weighted by Crippen LogP contribution is 2.26. The molecule has 3 rings (SSSR count). The van der Waals surface area contributed by atoms with Crippen LogP contribution in [0, 0.1) is 0 Å². The van der Waals surface area contributed by atoms with Gasteiger partial charge in [-0.05, 0) is 36.4 Å². The van der Waals surface area contributed by atoms with Gasteiger partial charge in [-0.15, -0.1) is 13.2 Å². The summed E-state index contributed by atoms with van der Waals surface area (Å²) in [7, 11) is 0. The molecular weight excluding hydrogens is 365 g/mol. The van der Waals surface area contributed by atoms with E-state index < -0.39 is 6.36 Å². The summed E-state index contributed by atoms with van der Waals surface area (Å²) in [6.07, 6.45) is -3.25. The molecule has 0 fully saturated rings. The summed E-state index contributed by atoms with van der Waals surface area (Å²) in [5, 5.41) is 19.1. The Kier molecular flexibility index (Phi) is 5.11. The molecule has 0 saturated carbocycles. The highest BCUT2D eigenvalue weighted by Gasteiger charge is 2.30. The zero-order valence-corrected chi connectivity index (χ0v) is 13.8. The summed E-state index contributed by atoms with van der Waals surface area (Å²) in [6.45, 7) is 0.438. The first-order valence-electron chi connectivity index (χ1n) is 7.84. The van der Waals surface area contributed by atoms with Crippen LogP contribution in [0.2, 0.25) is 0 Å². The minimum absolute atomic E-state index is 0.0671. The lowest BCUT2D eigenvalue weighted by molar-refractivity contribution is -0.274. The van der Waals surface area contributed by atoms with Gasteiger partial charge in [-0.25, -0.2) is 0 Å². The van der Waals surface area contributed by atoms with Crippen LogP contribution < -0.4 is 9.47 Å². The molecule has 0 radical (unpaired) electrons. The Balaban J connectivity index is 1.58. The number of hydrogen-bond acceptors (Lipinski definition) is 5. The average Bonchev–Trinajstić information content (AvgIpc) is 2.94. The molecule has 0 aliphatic rings. The lowest BCUT2D eigenvalue weighted by Crippen LogP contribution is -2.16. The molecule has 2 aromatic heterocycles. The topological polar surface area (TPSA) is 76.7 Å². The summed E-state index contributed by atoms with van der Waals surface area (Å²) >= 11 is 0. The molecule has 0 bridgehead atoms. The lowest BCUT2D eigenvalue weighted by Gasteiger charge is -2.10. The molecule has 0 aliphatic heterocycles. The van der Waals surface area contributed by atoms with E-state index in [4.69, 9.17) is 4.74 Å². The zero-order chi connectivity index (χ0) is 19.4. The standard InChI is InChI=1S/C18H15F3N2O4/c19-18(20,21)27-13-3-1-12(2-4-13)15-6-5-14(11-22-15)26-10-9-23-16(24)7-8-17(23)25/h1-8,11,24-25H,9-10H2. The van der Waals surface area contributed by atoms with Crippen LogP contribution in [0.15, 0.2) is 54.7 Å². The van der Waals surface area contributed by atoms with E-state index in [9.17, 15) is 23.4 Å². The maximum Gasteiger partial charge on any atom is 0.573 e. The number of aromatic hydroxyl groups is 2. The zero-order valence-electron chi connectivity index (χ0n) is 13.8. The summed E-state index contributed by atoms with van der Waals surface area (Å²) in [6, 6.07) is 11.4. The van der Waals surface area contributed by atoms with Crippen molar-refractivity contribution >= 4 is 0 Å². The van der Waals surface area contributed by atoms with Crippen LogP contribution in [-0.2, 0) is 6.54 Å². The second kappa shape index (κ2) is 7.48. The van der Waals surface area contributed by atoms with Gasteiger partial charge in [0.25, 0.3) is 0 Å². The van der Waals surface area contributed by atoms with Crippen molar-refractivity contribution in [2.24, 2.45) is 0 Å². The number of alkyl halides is 3. The highest BCUT2D eigenvalue weighted by atomic mass is 19.4. The van der Waals surface area contributed by atoms with Crippen molar-refractivity contribution in [3.8, 4) is 34.5 Å². The molecule has 9 heteroatoms. The molecule has 27 heavy (non-hydrogen) atoms. The first kappa shape index (κ1) is 18.4. The van der Waals surface area contributed by atoms with Crippen molar-refractivity contribution in [3.05, 3.63) is 54.7 Å². The summed E-state index contributed by atoms with van der Waals surface area (Å²) in [5.41, 5.74) is 1.18. The molecule has 2 N–H and O–H groups in total. The van der Waals surface area contributed by atoms with Gasteiger partial charge >= 0.3 is 6.36 Å². The van der Waals surface area contributed by atoms with Crippen molar-refractivity contribution < 1.29 is 32.9 Å². The largest absolute Gasteiger partial charge is 0.573 e. The predicted molar refractivity (Wildman–Crippen MR) is 89.6 cm³/mol. The summed E-state index contributed by atoms with van der Waals surface area (Å²) in [5.74, 6) is 0.0367. The number of ether oxygens (including phenoxy) is 2. The van der Waals surface area contributed by atoms with E-state index in [2.05, 4.69) is 9.72 Å². The molecule has 0 unspecified atom stereocenters. The van der Waals surface area contributed by atoms with Gasteiger partial charge in [0.15, 0.2) is 11.8 Å². The van der Waals surface area contributed by atoms with Gasteiger partial charge in [0.2, 0.25) is 0 Å². The summed E-state index contributed by atoms with van der Waals surface area (Å²) in [4.78, 5) is 4.21. The molecule has 1 aromatic carbocycles. The normalized spacial score (nSPS) is 11.4. The molecule has 0 amide bonds. The quantitative estimate of drug-likeness (QED) is 0.677. The predicted octanol–water partition coefficient (Wildman–Crippen LogP) is 3.94. The van der Waals surface area contributed by atoms with E-state index in [1.807, 2.05) is 0 Å². The molecule has 0 spiro atoms.